The monoisotopic (exact) mass is 608 g/mol. The maximum absolute atomic E-state index is 12.6. The van der Waals surface area contributed by atoms with Gasteiger partial charge in [-0.1, -0.05) is 87.6 Å². The van der Waals surface area contributed by atoms with E-state index in [0.717, 1.165) is 44.9 Å². The number of unbranched alkanes of at least 4 members (excludes halogenated alkanes) is 8. The van der Waals surface area contributed by atoms with Crippen LogP contribution in [-0.2, 0) is 19.0 Å². The molecule has 240 valence electrons. The minimum Gasteiger partial charge on any atom is -0.507 e. The van der Waals surface area contributed by atoms with Gasteiger partial charge in [-0.05, 0) is 62.8 Å². The molecule has 8 heteroatoms. The molecule has 0 aliphatic heterocycles. The molecule has 0 aliphatic carbocycles. The molecule has 0 saturated carbocycles. The third-order valence-corrected chi connectivity index (χ3v) is 6.71. The Labute approximate surface area is 262 Å². The number of hydrogen-bond acceptors (Lipinski definition) is 8. The predicted octanol–water partition coefficient (Wildman–Crippen LogP) is 8.14. The van der Waals surface area contributed by atoms with Crippen molar-refractivity contribution in [1.82, 2.24) is 0 Å². The van der Waals surface area contributed by atoms with Crippen LogP contribution in [0, 0.1) is 0 Å². The molecule has 0 bridgehead atoms. The Hall–Kier alpha value is -3.91. The van der Waals surface area contributed by atoms with Gasteiger partial charge < -0.3 is 24.1 Å². The van der Waals surface area contributed by atoms with Crippen LogP contribution in [0.15, 0.2) is 72.8 Å². The maximum Gasteiger partial charge on any atom is 0.342 e. The van der Waals surface area contributed by atoms with Crippen molar-refractivity contribution in [3.05, 3.63) is 84.0 Å². The molecule has 0 spiro atoms. The maximum atomic E-state index is 12.6. The zero-order valence-electron chi connectivity index (χ0n) is 26.0. The molecule has 0 aromatic heterocycles. The highest BCUT2D eigenvalue weighted by molar-refractivity contribution is 5.93. The molecule has 0 saturated heterocycles. The Morgan fingerprint density at radius 2 is 1.23 bits per heavy atom. The van der Waals surface area contributed by atoms with E-state index in [9.17, 15) is 19.5 Å². The molecule has 0 radical (unpaired) electrons. The summed E-state index contributed by atoms with van der Waals surface area (Å²) in [5.41, 5.74) is 0.240. The molecule has 8 nitrogen and oxygen atoms in total. The van der Waals surface area contributed by atoms with Crippen molar-refractivity contribution in [1.29, 1.82) is 0 Å². The fourth-order valence-corrected chi connectivity index (χ4v) is 4.27. The average Bonchev–Trinajstić information content (AvgIpc) is 3.02. The molecule has 0 amide bonds. The number of benzene rings is 2. The van der Waals surface area contributed by atoms with Gasteiger partial charge in [0.25, 0.3) is 0 Å². The number of carbonyl (C=O) groups is 3. The van der Waals surface area contributed by atoms with E-state index >= 15 is 0 Å². The highest BCUT2D eigenvalue weighted by atomic mass is 16.6. The lowest BCUT2D eigenvalue weighted by atomic mass is 10.1. The van der Waals surface area contributed by atoms with Gasteiger partial charge in [-0.3, -0.25) is 4.79 Å². The molecular formula is C36H48O8. The van der Waals surface area contributed by atoms with E-state index in [2.05, 4.69) is 31.2 Å². The second-order valence-corrected chi connectivity index (χ2v) is 10.4. The van der Waals surface area contributed by atoms with E-state index in [-0.39, 0.29) is 61.4 Å². The average molecular weight is 609 g/mol. The largest absolute Gasteiger partial charge is 0.507 e. The second-order valence-electron chi connectivity index (χ2n) is 10.4. The summed E-state index contributed by atoms with van der Waals surface area (Å²) >= 11 is 0. The van der Waals surface area contributed by atoms with Crippen molar-refractivity contribution in [3.63, 3.8) is 0 Å². The molecule has 2 aromatic rings. The molecular weight excluding hydrogens is 560 g/mol. The molecule has 2 aromatic carbocycles. The number of hydrogen-bond donors (Lipinski definition) is 1. The molecule has 2 rings (SSSR count). The predicted molar refractivity (Wildman–Crippen MR) is 171 cm³/mol. The summed E-state index contributed by atoms with van der Waals surface area (Å²) in [5, 5.41) is 9.68. The Morgan fingerprint density at radius 1 is 0.659 bits per heavy atom. The van der Waals surface area contributed by atoms with Crippen LogP contribution in [0.3, 0.4) is 0 Å². The Kier molecular flexibility index (Phi) is 19.4. The van der Waals surface area contributed by atoms with Crippen molar-refractivity contribution < 1.29 is 38.4 Å². The second kappa shape index (κ2) is 23.5. The van der Waals surface area contributed by atoms with Crippen molar-refractivity contribution in [2.45, 2.75) is 84.0 Å². The van der Waals surface area contributed by atoms with E-state index in [0.29, 0.717) is 0 Å². The third kappa shape index (κ3) is 16.1. The SMILES string of the molecule is CCCCC/C=C\C/C=C\CCCCCCCC(=O)Oc1ccccc1C(=O)OCCOCCOC(=O)c1ccccc1O. The van der Waals surface area contributed by atoms with Gasteiger partial charge in [0, 0.05) is 6.42 Å². The van der Waals surface area contributed by atoms with Crippen LogP contribution < -0.4 is 4.74 Å². The number of esters is 3. The summed E-state index contributed by atoms with van der Waals surface area (Å²) < 4.78 is 21.1. The molecule has 0 fully saturated rings. The lowest BCUT2D eigenvalue weighted by molar-refractivity contribution is -0.134. The number of para-hydroxylation sites is 2. The van der Waals surface area contributed by atoms with Crippen LogP contribution >= 0.6 is 0 Å². The summed E-state index contributed by atoms with van der Waals surface area (Å²) in [4.78, 5) is 36.9. The minimum atomic E-state index is -0.653. The van der Waals surface area contributed by atoms with E-state index < -0.39 is 11.9 Å². The van der Waals surface area contributed by atoms with E-state index in [1.165, 1.54) is 37.8 Å². The van der Waals surface area contributed by atoms with Crippen molar-refractivity contribution in [3.8, 4) is 11.5 Å². The number of phenols is 1. The summed E-state index contributed by atoms with van der Waals surface area (Å²) in [6, 6.07) is 12.6. The van der Waals surface area contributed by atoms with Gasteiger partial charge in [0.15, 0.2) is 0 Å². The number of phenolic OH excluding ortho intramolecular Hbond substituents is 1. The molecule has 0 unspecified atom stereocenters. The van der Waals surface area contributed by atoms with Gasteiger partial charge in [-0.2, -0.15) is 0 Å². The van der Waals surface area contributed by atoms with E-state index in [1.807, 2.05) is 0 Å². The fourth-order valence-electron chi connectivity index (χ4n) is 4.27. The highest BCUT2D eigenvalue weighted by Gasteiger charge is 2.16. The third-order valence-electron chi connectivity index (χ3n) is 6.71. The zero-order chi connectivity index (χ0) is 31.7. The summed E-state index contributed by atoms with van der Waals surface area (Å²) in [7, 11) is 0. The van der Waals surface area contributed by atoms with Crippen LogP contribution in [0.5, 0.6) is 11.5 Å². The van der Waals surface area contributed by atoms with Gasteiger partial charge in [0.05, 0.1) is 13.2 Å². The number of ether oxygens (including phenoxy) is 4. The number of aromatic hydroxyl groups is 1. The van der Waals surface area contributed by atoms with E-state index in [4.69, 9.17) is 18.9 Å². The quantitative estimate of drug-likeness (QED) is 0.0583. The van der Waals surface area contributed by atoms with Crippen molar-refractivity contribution >= 4 is 17.9 Å². The standard InChI is InChI=1S/C36H48O8/c1-2-3-4-5-6-7-8-9-10-11-12-13-14-15-16-25-34(38)44-33-24-20-18-22-31(33)36(40)43-29-27-41-26-28-42-35(39)30-21-17-19-23-32(30)37/h6-7,9-10,17-24,37H,2-5,8,11-16,25-29H2,1H3/b7-6-,10-9-. The molecule has 0 aliphatic rings. The van der Waals surface area contributed by atoms with Crippen LogP contribution in [-0.4, -0.2) is 49.4 Å². The minimum absolute atomic E-state index is 0.0192. The first kappa shape index (κ1) is 36.3. The van der Waals surface area contributed by atoms with Crippen LogP contribution in [0.1, 0.15) is 105 Å². The van der Waals surface area contributed by atoms with Crippen LogP contribution in [0.25, 0.3) is 0 Å². The molecule has 44 heavy (non-hydrogen) atoms. The summed E-state index contributed by atoms with van der Waals surface area (Å²) in [6.45, 7) is 2.36. The summed E-state index contributed by atoms with van der Waals surface area (Å²) in [5.74, 6) is -1.64. The topological polar surface area (TPSA) is 108 Å². The summed E-state index contributed by atoms with van der Waals surface area (Å²) in [6.07, 6.45) is 21.5. The smallest absolute Gasteiger partial charge is 0.342 e. The van der Waals surface area contributed by atoms with Gasteiger partial charge in [-0.15, -0.1) is 0 Å². The highest BCUT2D eigenvalue weighted by Crippen LogP contribution is 2.20. The first-order valence-corrected chi connectivity index (χ1v) is 15.8. The lowest BCUT2D eigenvalue weighted by Gasteiger charge is -2.10. The fraction of sp³-hybridized carbons (Fsp3) is 0.472. The van der Waals surface area contributed by atoms with Crippen LogP contribution in [0.4, 0.5) is 0 Å². The Bertz CT molecular complexity index is 1170. The zero-order valence-corrected chi connectivity index (χ0v) is 26.0. The lowest BCUT2D eigenvalue weighted by Crippen LogP contribution is -2.16. The first-order valence-electron chi connectivity index (χ1n) is 15.8. The number of rotatable bonds is 23. The van der Waals surface area contributed by atoms with Gasteiger partial charge in [0.1, 0.15) is 35.8 Å². The number of carbonyl (C=O) groups excluding carboxylic acids is 3. The van der Waals surface area contributed by atoms with Gasteiger partial charge in [-0.25, -0.2) is 9.59 Å². The first-order chi connectivity index (χ1) is 21.5. The molecule has 0 atom stereocenters. The van der Waals surface area contributed by atoms with Crippen molar-refractivity contribution in [2.75, 3.05) is 26.4 Å². The van der Waals surface area contributed by atoms with Crippen LogP contribution in [0.2, 0.25) is 0 Å². The van der Waals surface area contributed by atoms with Gasteiger partial charge in [0.2, 0.25) is 0 Å². The molecule has 1 N–H and O–H groups in total. The molecule has 0 heterocycles. The van der Waals surface area contributed by atoms with Gasteiger partial charge >= 0.3 is 17.9 Å². The number of allylic oxidation sites excluding steroid dienone is 4. The Morgan fingerprint density at radius 3 is 1.91 bits per heavy atom. The van der Waals surface area contributed by atoms with Crippen molar-refractivity contribution in [2.24, 2.45) is 0 Å². The van der Waals surface area contributed by atoms with E-state index in [1.54, 1.807) is 36.4 Å². The Balaban J connectivity index is 1.53. The normalized spacial score (nSPS) is 11.2.